The molecule has 2 heteroatoms. The zero-order valence-corrected chi connectivity index (χ0v) is 8.91. The second-order valence-electron chi connectivity index (χ2n) is 3.27. The molecule has 2 N–H and O–H groups in total. The van der Waals surface area contributed by atoms with Gasteiger partial charge in [0.25, 0.3) is 0 Å². The first-order valence-electron chi connectivity index (χ1n) is 4.78. The topological polar surface area (TPSA) is 32.3 Å². The number of aliphatic hydroxyl groups excluding tert-OH is 1. The Morgan fingerprint density at radius 1 is 1.43 bits per heavy atom. The van der Waals surface area contributed by atoms with Crippen LogP contribution >= 0.6 is 0 Å². The third-order valence-corrected chi connectivity index (χ3v) is 2.41. The zero-order valence-electron chi connectivity index (χ0n) is 8.91. The molecule has 76 valence electrons. The smallest absolute Gasteiger partial charge is 0.102 e. The van der Waals surface area contributed by atoms with Gasteiger partial charge in [-0.2, -0.15) is 0 Å². The number of hydrogen-bond donors (Lipinski definition) is 2. The summed E-state index contributed by atoms with van der Waals surface area (Å²) < 4.78 is 0. The Morgan fingerprint density at radius 2 is 2.07 bits per heavy atom. The normalized spacial score (nSPS) is 13.9. The van der Waals surface area contributed by atoms with Crippen LogP contribution in [0.25, 0.3) is 0 Å². The van der Waals surface area contributed by atoms with Crippen LogP contribution in [0.5, 0.6) is 0 Å². The van der Waals surface area contributed by atoms with Crippen LogP contribution in [-0.4, -0.2) is 12.2 Å². The molecule has 0 saturated carbocycles. The van der Waals surface area contributed by atoms with Crippen LogP contribution in [0.15, 0.2) is 35.9 Å². The van der Waals surface area contributed by atoms with E-state index in [1.54, 1.807) is 0 Å². The third-order valence-electron chi connectivity index (χ3n) is 2.41. The first-order valence-corrected chi connectivity index (χ1v) is 4.78. The molecule has 0 aliphatic rings. The highest BCUT2D eigenvalue weighted by molar-refractivity contribution is 5.53. The van der Waals surface area contributed by atoms with E-state index in [0.29, 0.717) is 0 Å². The van der Waals surface area contributed by atoms with E-state index < -0.39 is 6.10 Å². The van der Waals surface area contributed by atoms with Crippen LogP contribution in [-0.2, 0) is 0 Å². The maximum atomic E-state index is 9.99. The predicted molar refractivity (Wildman–Crippen MR) is 60.4 cm³/mol. The fourth-order valence-electron chi connectivity index (χ4n) is 1.37. The quantitative estimate of drug-likeness (QED) is 0.720. The highest BCUT2D eigenvalue weighted by Crippen LogP contribution is 2.27. The summed E-state index contributed by atoms with van der Waals surface area (Å²) in [5.74, 6) is 0. The lowest BCUT2D eigenvalue weighted by atomic mass is 10.0. The number of rotatable bonds is 3. The number of hydrogen-bond acceptors (Lipinski definition) is 2. The fourth-order valence-corrected chi connectivity index (χ4v) is 1.37. The van der Waals surface area contributed by atoms with E-state index in [-0.39, 0.29) is 0 Å². The predicted octanol–water partition coefficient (Wildman–Crippen LogP) is 2.73. The summed E-state index contributed by atoms with van der Waals surface area (Å²) in [6.07, 6.45) is 1.42. The molecular formula is C12H17NO. The molecule has 1 aromatic carbocycles. The van der Waals surface area contributed by atoms with Gasteiger partial charge < -0.3 is 10.4 Å². The second kappa shape index (κ2) is 4.82. The van der Waals surface area contributed by atoms with Crippen molar-refractivity contribution in [3.8, 4) is 0 Å². The molecule has 0 aliphatic heterocycles. The van der Waals surface area contributed by atoms with Crippen LogP contribution in [0.4, 0.5) is 5.69 Å². The Hall–Kier alpha value is -1.28. The van der Waals surface area contributed by atoms with E-state index in [2.05, 4.69) is 5.32 Å². The van der Waals surface area contributed by atoms with Gasteiger partial charge in [-0.05, 0) is 25.5 Å². The fraction of sp³-hybridized carbons (Fsp3) is 0.333. The number of para-hydroxylation sites is 1. The minimum atomic E-state index is -0.511. The first-order chi connectivity index (χ1) is 6.70. The molecule has 0 bridgehead atoms. The summed E-state index contributed by atoms with van der Waals surface area (Å²) in [5.41, 5.74) is 2.86. The molecule has 0 amide bonds. The Labute approximate surface area is 85.3 Å². The lowest BCUT2D eigenvalue weighted by molar-refractivity contribution is 0.216. The maximum Gasteiger partial charge on any atom is 0.102 e. The van der Waals surface area contributed by atoms with E-state index >= 15 is 0 Å². The molecule has 0 fully saturated rings. The number of aliphatic hydroxyl groups is 1. The zero-order chi connectivity index (χ0) is 10.6. The van der Waals surface area contributed by atoms with Crippen molar-refractivity contribution in [3.63, 3.8) is 0 Å². The van der Waals surface area contributed by atoms with Gasteiger partial charge in [-0.15, -0.1) is 0 Å². The Kier molecular flexibility index (Phi) is 3.72. The number of anilines is 1. The molecule has 1 aromatic rings. The van der Waals surface area contributed by atoms with Crippen LogP contribution in [0.2, 0.25) is 0 Å². The van der Waals surface area contributed by atoms with Gasteiger partial charge in [0, 0.05) is 18.3 Å². The van der Waals surface area contributed by atoms with E-state index in [1.165, 1.54) is 0 Å². The van der Waals surface area contributed by atoms with Crippen molar-refractivity contribution in [3.05, 3.63) is 41.5 Å². The molecule has 0 aromatic heterocycles. The SMILES string of the molecule is C/C=C(\C)C(O)c1ccccc1NC. The molecule has 0 heterocycles. The minimum Gasteiger partial charge on any atom is -0.388 e. The first kappa shape index (κ1) is 10.8. The van der Waals surface area contributed by atoms with Gasteiger partial charge in [-0.3, -0.25) is 0 Å². The standard InChI is InChI=1S/C12H17NO/c1-4-9(2)12(14)10-7-5-6-8-11(10)13-3/h4-8,12-14H,1-3H3/b9-4+. The van der Waals surface area contributed by atoms with Crippen molar-refractivity contribution < 1.29 is 5.11 Å². The molecule has 0 aliphatic carbocycles. The summed E-state index contributed by atoms with van der Waals surface area (Å²) >= 11 is 0. The summed E-state index contributed by atoms with van der Waals surface area (Å²) in [7, 11) is 1.86. The van der Waals surface area contributed by atoms with E-state index in [4.69, 9.17) is 0 Å². The maximum absolute atomic E-state index is 9.99. The van der Waals surface area contributed by atoms with Crippen LogP contribution < -0.4 is 5.32 Å². The third kappa shape index (κ3) is 2.15. The largest absolute Gasteiger partial charge is 0.388 e. The average molecular weight is 191 g/mol. The molecule has 2 nitrogen and oxygen atoms in total. The van der Waals surface area contributed by atoms with Gasteiger partial charge in [-0.25, -0.2) is 0 Å². The van der Waals surface area contributed by atoms with Crippen LogP contribution in [0.1, 0.15) is 25.5 Å². The molecule has 1 rings (SSSR count). The summed E-state index contributed by atoms with van der Waals surface area (Å²) in [4.78, 5) is 0. The van der Waals surface area contributed by atoms with Crippen LogP contribution in [0, 0.1) is 0 Å². The number of benzene rings is 1. The highest BCUT2D eigenvalue weighted by atomic mass is 16.3. The number of nitrogens with one attached hydrogen (secondary N) is 1. The van der Waals surface area contributed by atoms with Gasteiger partial charge in [0.2, 0.25) is 0 Å². The number of allylic oxidation sites excluding steroid dienone is 1. The molecule has 0 saturated heterocycles. The lowest BCUT2D eigenvalue weighted by Gasteiger charge is -2.15. The van der Waals surface area contributed by atoms with Gasteiger partial charge in [0.15, 0.2) is 0 Å². The summed E-state index contributed by atoms with van der Waals surface area (Å²) in [6, 6.07) is 7.78. The van der Waals surface area contributed by atoms with Crippen molar-refractivity contribution in [2.45, 2.75) is 20.0 Å². The highest BCUT2D eigenvalue weighted by Gasteiger charge is 2.11. The van der Waals surface area contributed by atoms with Crippen molar-refractivity contribution in [2.75, 3.05) is 12.4 Å². The van der Waals surface area contributed by atoms with Gasteiger partial charge in [0.1, 0.15) is 6.10 Å². The molecular weight excluding hydrogens is 174 g/mol. The van der Waals surface area contributed by atoms with E-state index in [0.717, 1.165) is 16.8 Å². The van der Waals surface area contributed by atoms with E-state index in [1.807, 2.05) is 51.2 Å². The molecule has 14 heavy (non-hydrogen) atoms. The summed E-state index contributed by atoms with van der Waals surface area (Å²) in [5, 5.41) is 13.1. The molecule has 1 atom stereocenters. The summed E-state index contributed by atoms with van der Waals surface area (Å²) in [6.45, 7) is 3.86. The van der Waals surface area contributed by atoms with Crippen molar-refractivity contribution in [2.24, 2.45) is 0 Å². The van der Waals surface area contributed by atoms with Crippen molar-refractivity contribution >= 4 is 5.69 Å². The van der Waals surface area contributed by atoms with Gasteiger partial charge in [-0.1, -0.05) is 24.3 Å². The van der Waals surface area contributed by atoms with Crippen LogP contribution in [0.3, 0.4) is 0 Å². The van der Waals surface area contributed by atoms with Gasteiger partial charge >= 0.3 is 0 Å². The average Bonchev–Trinajstić information content (AvgIpc) is 2.26. The Morgan fingerprint density at radius 3 is 2.64 bits per heavy atom. The van der Waals surface area contributed by atoms with E-state index in [9.17, 15) is 5.11 Å². The van der Waals surface area contributed by atoms with Crippen molar-refractivity contribution in [1.29, 1.82) is 0 Å². The molecule has 0 spiro atoms. The van der Waals surface area contributed by atoms with Crippen molar-refractivity contribution in [1.82, 2.24) is 0 Å². The second-order valence-corrected chi connectivity index (χ2v) is 3.27. The molecule has 1 unspecified atom stereocenters. The molecule has 0 radical (unpaired) electrons. The Balaban J connectivity index is 3.05. The minimum absolute atomic E-state index is 0.511. The Bertz CT molecular complexity index is 331. The monoisotopic (exact) mass is 191 g/mol. The lowest BCUT2D eigenvalue weighted by Crippen LogP contribution is -2.03. The van der Waals surface area contributed by atoms with Gasteiger partial charge in [0.05, 0.1) is 0 Å².